The third-order valence-corrected chi connectivity index (χ3v) is 3.71. The van der Waals surface area contributed by atoms with Gasteiger partial charge in [-0.3, -0.25) is 0 Å². The average Bonchev–Trinajstić information content (AvgIpc) is 2.55. The monoisotopic (exact) mass is 316 g/mol. The summed E-state index contributed by atoms with van der Waals surface area (Å²) in [5, 5.41) is 5.51. The molecular formula is C16H16N2O3S. The Labute approximate surface area is 133 Å². The first kappa shape index (κ1) is 15.9. The van der Waals surface area contributed by atoms with Crippen LogP contribution in [0, 0.1) is 0 Å². The minimum Gasteiger partial charge on any atom is -0.465 e. The molecule has 0 aliphatic carbocycles. The van der Waals surface area contributed by atoms with Crippen molar-refractivity contribution in [3.8, 4) is 0 Å². The quantitative estimate of drug-likeness (QED) is 0.664. The van der Waals surface area contributed by atoms with Gasteiger partial charge in [-0.15, -0.1) is 11.8 Å². The van der Waals surface area contributed by atoms with Gasteiger partial charge in [-0.2, -0.15) is 0 Å². The van der Waals surface area contributed by atoms with Gasteiger partial charge in [0.1, 0.15) is 0 Å². The van der Waals surface area contributed by atoms with E-state index in [1.807, 2.05) is 30.5 Å². The number of urea groups is 1. The Kier molecular flexibility index (Phi) is 5.43. The van der Waals surface area contributed by atoms with Gasteiger partial charge in [0.2, 0.25) is 0 Å². The van der Waals surface area contributed by atoms with Crippen LogP contribution in [0.4, 0.5) is 16.2 Å². The van der Waals surface area contributed by atoms with Gasteiger partial charge in [-0.1, -0.05) is 12.1 Å². The van der Waals surface area contributed by atoms with Crippen molar-refractivity contribution in [2.24, 2.45) is 0 Å². The van der Waals surface area contributed by atoms with E-state index < -0.39 is 5.97 Å². The van der Waals surface area contributed by atoms with E-state index in [1.165, 1.54) is 7.11 Å². The molecule has 2 aromatic rings. The summed E-state index contributed by atoms with van der Waals surface area (Å²) < 4.78 is 4.62. The number of carbonyl (C=O) groups excluding carboxylic acids is 2. The topological polar surface area (TPSA) is 67.4 Å². The molecule has 0 unspecified atom stereocenters. The van der Waals surface area contributed by atoms with Crippen LogP contribution in [0.25, 0.3) is 0 Å². The number of hydrogen-bond donors (Lipinski definition) is 2. The average molecular weight is 316 g/mol. The summed E-state index contributed by atoms with van der Waals surface area (Å²) in [7, 11) is 1.32. The van der Waals surface area contributed by atoms with Crippen LogP contribution in [0.3, 0.4) is 0 Å². The second kappa shape index (κ2) is 7.51. The molecule has 0 bridgehead atoms. The molecule has 0 aromatic heterocycles. The molecule has 114 valence electrons. The molecule has 22 heavy (non-hydrogen) atoms. The molecule has 5 nitrogen and oxygen atoms in total. The number of anilines is 2. The minimum atomic E-state index is -0.412. The van der Waals surface area contributed by atoms with Gasteiger partial charge in [0.05, 0.1) is 18.4 Å². The third-order valence-electron chi connectivity index (χ3n) is 2.92. The molecule has 0 saturated carbocycles. The molecule has 0 fully saturated rings. The van der Waals surface area contributed by atoms with Crippen LogP contribution in [0.5, 0.6) is 0 Å². The van der Waals surface area contributed by atoms with Gasteiger partial charge in [0.15, 0.2) is 0 Å². The Bertz CT molecular complexity index is 671. The summed E-state index contributed by atoms with van der Waals surface area (Å²) in [4.78, 5) is 24.3. The highest BCUT2D eigenvalue weighted by molar-refractivity contribution is 7.98. The number of nitrogens with one attached hydrogen (secondary N) is 2. The van der Waals surface area contributed by atoms with Gasteiger partial charge in [0, 0.05) is 10.6 Å². The highest BCUT2D eigenvalue weighted by Gasteiger charge is 2.08. The molecule has 0 radical (unpaired) electrons. The first-order chi connectivity index (χ1) is 10.6. The lowest BCUT2D eigenvalue weighted by Crippen LogP contribution is -2.19. The summed E-state index contributed by atoms with van der Waals surface area (Å²) in [5.74, 6) is -0.412. The number of hydrogen-bond acceptors (Lipinski definition) is 4. The number of esters is 1. The van der Waals surface area contributed by atoms with Crippen LogP contribution in [-0.4, -0.2) is 25.4 Å². The molecular weight excluding hydrogens is 300 g/mol. The number of amides is 2. The summed E-state index contributed by atoms with van der Waals surface area (Å²) in [5.41, 5.74) is 1.77. The zero-order valence-corrected chi connectivity index (χ0v) is 13.1. The lowest BCUT2D eigenvalue weighted by molar-refractivity contribution is 0.0601. The second-order valence-corrected chi connectivity index (χ2v) is 5.20. The van der Waals surface area contributed by atoms with Crippen molar-refractivity contribution in [1.29, 1.82) is 0 Å². The Morgan fingerprint density at radius 2 is 1.68 bits per heavy atom. The number of thioether (sulfide) groups is 1. The molecule has 2 N–H and O–H groups in total. The Morgan fingerprint density at radius 3 is 2.32 bits per heavy atom. The van der Waals surface area contributed by atoms with Crippen LogP contribution < -0.4 is 10.6 Å². The van der Waals surface area contributed by atoms with Gasteiger partial charge >= 0.3 is 12.0 Å². The summed E-state index contributed by atoms with van der Waals surface area (Å²) in [6, 6.07) is 13.7. The summed E-state index contributed by atoms with van der Waals surface area (Å²) in [6.45, 7) is 0. The van der Waals surface area contributed by atoms with Crippen molar-refractivity contribution in [3.05, 3.63) is 54.1 Å². The SMILES string of the molecule is COC(=O)c1ccc(NC(=O)Nc2ccccc2SC)cc1. The maximum Gasteiger partial charge on any atom is 0.337 e. The number of para-hydroxylation sites is 1. The van der Waals surface area contributed by atoms with E-state index in [9.17, 15) is 9.59 Å². The second-order valence-electron chi connectivity index (χ2n) is 4.35. The maximum absolute atomic E-state index is 12.0. The fourth-order valence-electron chi connectivity index (χ4n) is 1.84. The number of carbonyl (C=O) groups is 2. The van der Waals surface area contributed by atoms with E-state index in [1.54, 1.807) is 36.0 Å². The molecule has 0 aliphatic heterocycles. The molecule has 6 heteroatoms. The first-order valence-electron chi connectivity index (χ1n) is 6.53. The predicted octanol–water partition coefficient (Wildman–Crippen LogP) is 3.84. The molecule has 2 amide bonds. The largest absolute Gasteiger partial charge is 0.465 e. The predicted molar refractivity (Wildman–Crippen MR) is 88.6 cm³/mol. The molecule has 0 atom stereocenters. The highest BCUT2D eigenvalue weighted by atomic mass is 32.2. The van der Waals surface area contributed by atoms with E-state index in [2.05, 4.69) is 15.4 Å². The van der Waals surface area contributed by atoms with Crippen LogP contribution in [-0.2, 0) is 4.74 Å². The standard InChI is InChI=1S/C16H16N2O3S/c1-21-15(19)11-7-9-12(10-8-11)17-16(20)18-13-5-3-4-6-14(13)22-2/h3-10H,1-2H3,(H2,17,18,20). The zero-order valence-electron chi connectivity index (χ0n) is 12.3. The molecule has 0 saturated heterocycles. The number of rotatable bonds is 4. The molecule has 0 aliphatic rings. The van der Waals surface area contributed by atoms with Gasteiger partial charge in [-0.25, -0.2) is 9.59 Å². The van der Waals surface area contributed by atoms with Crippen molar-refractivity contribution in [2.45, 2.75) is 4.90 Å². The van der Waals surface area contributed by atoms with Gasteiger partial charge < -0.3 is 15.4 Å². The first-order valence-corrected chi connectivity index (χ1v) is 7.76. The fraction of sp³-hybridized carbons (Fsp3) is 0.125. The van der Waals surface area contributed by atoms with Crippen molar-refractivity contribution in [3.63, 3.8) is 0 Å². The van der Waals surface area contributed by atoms with E-state index >= 15 is 0 Å². The van der Waals surface area contributed by atoms with E-state index in [-0.39, 0.29) is 6.03 Å². The molecule has 2 rings (SSSR count). The molecule has 0 heterocycles. The maximum atomic E-state index is 12.0. The normalized spacial score (nSPS) is 9.91. The van der Waals surface area contributed by atoms with E-state index in [0.717, 1.165) is 10.6 Å². The molecule has 0 spiro atoms. The zero-order chi connectivity index (χ0) is 15.9. The van der Waals surface area contributed by atoms with E-state index in [0.29, 0.717) is 11.3 Å². The Hall–Kier alpha value is -2.47. The fourth-order valence-corrected chi connectivity index (χ4v) is 2.39. The van der Waals surface area contributed by atoms with Crippen LogP contribution in [0.2, 0.25) is 0 Å². The number of methoxy groups -OCH3 is 1. The lowest BCUT2D eigenvalue weighted by Gasteiger charge is -2.10. The summed E-state index contributed by atoms with van der Waals surface area (Å²) >= 11 is 1.56. The van der Waals surface area contributed by atoms with Gasteiger partial charge in [-0.05, 0) is 42.7 Å². The van der Waals surface area contributed by atoms with Gasteiger partial charge in [0.25, 0.3) is 0 Å². The molecule has 2 aromatic carbocycles. The highest BCUT2D eigenvalue weighted by Crippen LogP contribution is 2.24. The third kappa shape index (κ3) is 4.02. The van der Waals surface area contributed by atoms with Crippen molar-refractivity contribution in [1.82, 2.24) is 0 Å². The Morgan fingerprint density at radius 1 is 1.00 bits per heavy atom. The Balaban J connectivity index is 2.01. The van der Waals surface area contributed by atoms with Crippen molar-refractivity contribution in [2.75, 3.05) is 24.0 Å². The summed E-state index contributed by atoms with van der Waals surface area (Å²) in [6.07, 6.45) is 1.95. The van der Waals surface area contributed by atoms with Crippen molar-refractivity contribution < 1.29 is 14.3 Å². The minimum absolute atomic E-state index is 0.340. The van der Waals surface area contributed by atoms with Crippen LogP contribution >= 0.6 is 11.8 Å². The van der Waals surface area contributed by atoms with Crippen molar-refractivity contribution >= 4 is 35.1 Å². The van der Waals surface area contributed by atoms with Crippen LogP contribution in [0.15, 0.2) is 53.4 Å². The van der Waals surface area contributed by atoms with E-state index in [4.69, 9.17) is 0 Å². The number of benzene rings is 2. The smallest absolute Gasteiger partial charge is 0.337 e. The lowest BCUT2D eigenvalue weighted by atomic mass is 10.2. The van der Waals surface area contributed by atoms with Crippen LogP contribution in [0.1, 0.15) is 10.4 Å². The number of ether oxygens (including phenoxy) is 1.